The highest BCUT2D eigenvalue weighted by atomic mass is 19.1. The number of benzene rings is 1. The van der Waals surface area contributed by atoms with Crippen LogP contribution in [0.3, 0.4) is 0 Å². The molecule has 1 aliphatic rings. The lowest BCUT2D eigenvalue weighted by molar-refractivity contribution is -0.129. The van der Waals surface area contributed by atoms with Crippen molar-refractivity contribution < 1.29 is 13.6 Å². The molecule has 0 aromatic heterocycles. The second-order valence-corrected chi connectivity index (χ2v) is 4.86. The van der Waals surface area contributed by atoms with E-state index >= 15 is 0 Å². The third kappa shape index (κ3) is 3.50. The predicted octanol–water partition coefficient (Wildman–Crippen LogP) is 2.24. The summed E-state index contributed by atoms with van der Waals surface area (Å²) in [5.41, 5.74) is 0.245. The number of hydrogen-bond donors (Lipinski definition) is 1. The number of carbonyl (C=O) groups excluding carboxylic acids is 1. The zero-order valence-corrected chi connectivity index (χ0v) is 11.0. The van der Waals surface area contributed by atoms with Crippen molar-refractivity contribution in [1.82, 2.24) is 10.2 Å². The Hall–Kier alpha value is -1.49. The molecule has 1 heterocycles. The van der Waals surface area contributed by atoms with Crippen LogP contribution in [0.25, 0.3) is 0 Å². The Morgan fingerprint density at radius 2 is 2.05 bits per heavy atom. The molecule has 1 atom stereocenters. The molecule has 5 heteroatoms. The van der Waals surface area contributed by atoms with Crippen molar-refractivity contribution in [2.75, 3.05) is 19.6 Å². The summed E-state index contributed by atoms with van der Waals surface area (Å²) in [7, 11) is 0. The molecule has 0 radical (unpaired) electrons. The van der Waals surface area contributed by atoms with Crippen LogP contribution >= 0.6 is 0 Å². The van der Waals surface area contributed by atoms with Crippen LogP contribution < -0.4 is 5.32 Å². The molecule has 1 N–H and O–H groups in total. The van der Waals surface area contributed by atoms with Crippen molar-refractivity contribution in [1.29, 1.82) is 0 Å². The van der Waals surface area contributed by atoms with Gasteiger partial charge in [0, 0.05) is 24.7 Å². The molecule has 1 unspecified atom stereocenters. The van der Waals surface area contributed by atoms with E-state index in [2.05, 4.69) is 5.32 Å². The highest BCUT2D eigenvalue weighted by Gasteiger charge is 2.19. The summed E-state index contributed by atoms with van der Waals surface area (Å²) in [5.74, 6) is -0.924. The van der Waals surface area contributed by atoms with Gasteiger partial charge in [0.05, 0.1) is 6.54 Å². The van der Waals surface area contributed by atoms with Crippen molar-refractivity contribution in [2.24, 2.45) is 0 Å². The summed E-state index contributed by atoms with van der Waals surface area (Å²) >= 11 is 0. The van der Waals surface area contributed by atoms with E-state index in [0.717, 1.165) is 44.1 Å². The summed E-state index contributed by atoms with van der Waals surface area (Å²) in [5, 5.41) is 2.95. The molecule has 0 aliphatic carbocycles. The predicted molar refractivity (Wildman–Crippen MR) is 68.6 cm³/mol. The number of halogens is 2. The van der Waals surface area contributed by atoms with Gasteiger partial charge in [-0.15, -0.1) is 0 Å². The van der Waals surface area contributed by atoms with Crippen molar-refractivity contribution in [3.8, 4) is 0 Å². The first-order chi connectivity index (χ1) is 9.08. The fourth-order valence-corrected chi connectivity index (χ4v) is 2.28. The number of likely N-dealkylation sites (tertiary alicyclic amines) is 1. The highest BCUT2D eigenvalue weighted by molar-refractivity contribution is 5.78. The molecular formula is C14H18F2N2O. The fraction of sp³-hybridized carbons (Fsp3) is 0.500. The molecule has 1 saturated heterocycles. The average Bonchev–Trinajstić information content (AvgIpc) is 2.92. The summed E-state index contributed by atoms with van der Waals surface area (Å²) in [6.45, 7) is 3.46. The molecule has 3 nitrogen and oxygen atoms in total. The standard InChI is InChI=1S/C14H18F2N2O/c1-10(12-8-11(15)4-5-13(12)16)17-9-14(19)18-6-2-3-7-18/h4-5,8,10,17H,2-3,6-7,9H2,1H3. The zero-order valence-electron chi connectivity index (χ0n) is 11.0. The lowest BCUT2D eigenvalue weighted by atomic mass is 10.1. The first-order valence-electron chi connectivity index (χ1n) is 6.54. The summed E-state index contributed by atoms with van der Waals surface area (Å²) in [4.78, 5) is 13.6. The van der Waals surface area contributed by atoms with Gasteiger partial charge in [-0.3, -0.25) is 4.79 Å². The van der Waals surface area contributed by atoms with E-state index in [1.165, 1.54) is 0 Å². The largest absolute Gasteiger partial charge is 0.342 e. The smallest absolute Gasteiger partial charge is 0.236 e. The van der Waals surface area contributed by atoms with Crippen LogP contribution in [0.5, 0.6) is 0 Å². The van der Waals surface area contributed by atoms with Crippen LogP contribution in [0, 0.1) is 11.6 Å². The molecule has 0 saturated carbocycles. The Labute approximate surface area is 111 Å². The Balaban J connectivity index is 1.91. The molecule has 104 valence electrons. The SMILES string of the molecule is CC(NCC(=O)N1CCCC1)c1cc(F)ccc1F. The van der Waals surface area contributed by atoms with Crippen LogP contribution in [0.2, 0.25) is 0 Å². The van der Waals surface area contributed by atoms with Crippen molar-refractivity contribution in [3.05, 3.63) is 35.4 Å². The minimum atomic E-state index is -0.476. The van der Waals surface area contributed by atoms with Gasteiger partial charge in [0.15, 0.2) is 0 Å². The molecule has 1 fully saturated rings. The Morgan fingerprint density at radius 1 is 1.37 bits per heavy atom. The second-order valence-electron chi connectivity index (χ2n) is 4.86. The maximum absolute atomic E-state index is 13.5. The Bertz CT molecular complexity index is 459. The van der Waals surface area contributed by atoms with Gasteiger partial charge in [-0.05, 0) is 38.0 Å². The molecule has 0 spiro atoms. The van der Waals surface area contributed by atoms with Crippen LogP contribution in [0.4, 0.5) is 8.78 Å². The Kier molecular flexibility index (Phi) is 4.47. The highest BCUT2D eigenvalue weighted by Crippen LogP contribution is 2.18. The Morgan fingerprint density at radius 3 is 2.74 bits per heavy atom. The van der Waals surface area contributed by atoms with Crippen LogP contribution in [-0.2, 0) is 4.79 Å². The van der Waals surface area contributed by atoms with Crippen LogP contribution in [0.15, 0.2) is 18.2 Å². The maximum Gasteiger partial charge on any atom is 0.236 e. The van der Waals surface area contributed by atoms with E-state index in [0.29, 0.717) is 0 Å². The lowest BCUT2D eigenvalue weighted by Crippen LogP contribution is -2.37. The minimum Gasteiger partial charge on any atom is -0.342 e. The van der Waals surface area contributed by atoms with Gasteiger partial charge in [0.1, 0.15) is 11.6 Å². The van der Waals surface area contributed by atoms with Gasteiger partial charge in [0.25, 0.3) is 0 Å². The number of rotatable bonds is 4. The fourth-order valence-electron chi connectivity index (χ4n) is 2.28. The van der Waals surface area contributed by atoms with Gasteiger partial charge < -0.3 is 10.2 Å². The number of carbonyl (C=O) groups is 1. The van der Waals surface area contributed by atoms with Crippen molar-refractivity contribution in [2.45, 2.75) is 25.8 Å². The number of nitrogens with one attached hydrogen (secondary N) is 1. The van der Waals surface area contributed by atoms with E-state index in [9.17, 15) is 13.6 Å². The van der Waals surface area contributed by atoms with Gasteiger partial charge in [-0.2, -0.15) is 0 Å². The van der Waals surface area contributed by atoms with Crippen molar-refractivity contribution in [3.63, 3.8) is 0 Å². The zero-order chi connectivity index (χ0) is 13.8. The molecule has 2 rings (SSSR count). The number of amides is 1. The summed E-state index contributed by atoms with van der Waals surface area (Å²) < 4.78 is 26.6. The van der Waals surface area contributed by atoms with Crippen molar-refractivity contribution >= 4 is 5.91 Å². The third-order valence-corrected chi connectivity index (χ3v) is 3.44. The van der Waals surface area contributed by atoms with Gasteiger partial charge in [-0.1, -0.05) is 0 Å². The van der Waals surface area contributed by atoms with E-state index < -0.39 is 17.7 Å². The molecule has 1 aromatic rings. The monoisotopic (exact) mass is 268 g/mol. The van der Waals surface area contributed by atoms with E-state index in [1.807, 2.05) is 0 Å². The van der Waals surface area contributed by atoms with E-state index in [-0.39, 0.29) is 18.0 Å². The normalized spacial score (nSPS) is 16.7. The van der Waals surface area contributed by atoms with E-state index in [4.69, 9.17) is 0 Å². The third-order valence-electron chi connectivity index (χ3n) is 3.44. The van der Waals surface area contributed by atoms with Gasteiger partial charge >= 0.3 is 0 Å². The molecular weight excluding hydrogens is 250 g/mol. The van der Waals surface area contributed by atoms with Crippen LogP contribution in [-0.4, -0.2) is 30.4 Å². The number of hydrogen-bond acceptors (Lipinski definition) is 2. The molecule has 0 bridgehead atoms. The number of nitrogens with zero attached hydrogens (tertiary/aromatic N) is 1. The van der Waals surface area contributed by atoms with Crippen LogP contribution in [0.1, 0.15) is 31.4 Å². The average molecular weight is 268 g/mol. The summed E-state index contributed by atoms with van der Waals surface area (Å²) in [6.07, 6.45) is 2.08. The molecule has 1 aromatic carbocycles. The first-order valence-corrected chi connectivity index (χ1v) is 6.54. The minimum absolute atomic E-state index is 0.0150. The van der Waals surface area contributed by atoms with E-state index in [1.54, 1.807) is 11.8 Å². The second kappa shape index (κ2) is 6.10. The molecule has 19 heavy (non-hydrogen) atoms. The quantitative estimate of drug-likeness (QED) is 0.908. The topological polar surface area (TPSA) is 32.3 Å². The molecule has 1 aliphatic heterocycles. The van der Waals surface area contributed by atoms with Gasteiger partial charge in [-0.25, -0.2) is 8.78 Å². The lowest BCUT2D eigenvalue weighted by Gasteiger charge is -2.19. The molecule has 1 amide bonds. The first kappa shape index (κ1) is 13.9. The maximum atomic E-state index is 13.5. The van der Waals surface area contributed by atoms with Gasteiger partial charge in [0.2, 0.25) is 5.91 Å². The summed E-state index contributed by atoms with van der Waals surface area (Å²) in [6, 6.07) is 2.95.